The molecular weight excluding hydrogens is 258 g/mol. The quantitative estimate of drug-likeness (QED) is 0.641. The lowest BCUT2D eigenvalue weighted by Gasteiger charge is -2.21. The molecule has 1 aromatic carbocycles. The largest absolute Gasteiger partial charge is 0.384 e. The van der Waals surface area contributed by atoms with Gasteiger partial charge in [-0.3, -0.25) is 10.3 Å². The third kappa shape index (κ3) is 4.57. The first-order valence-electron chi connectivity index (χ1n) is 8.26. The van der Waals surface area contributed by atoms with Crippen LogP contribution in [0.1, 0.15) is 55.7 Å². The molecule has 1 heterocycles. The standard InChI is InChI=1S/C18H29N3/c1-3-5-15-6-4-10-21(11-9-15)13-17-8-7-16(18(19)20)12-14(17)2/h7-8,12,15H,3-6,9-11,13H2,1-2H3,(H3,19,20). The summed E-state index contributed by atoms with van der Waals surface area (Å²) in [5.41, 5.74) is 9.00. The number of hydrogen-bond acceptors (Lipinski definition) is 2. The number of nitrogens with zero attached hydrogens (tertiary/aromatic N) is 1. The summed E-state index contributed by atoms with van der Waals surface area (Å²) in [4.78, 5) is 2.59. The second-order valence-corrected chi connectivity index (χ2v) is 6.42. The number of rotatable bonds is 5. The molecule has 0 aliphatic carbocycles. The van der Waals surface area contributed by atoms with E-state index in [1.807, 2.05) is 12.1 Å². The van der Waals surface area contributed by atoms with Crippen LogP contribution in [0.2, 0.25) is 0 Å². The van der Waals surface area contributed by atoms with Crippen LogP contribution in [0.4, 0.5) is 0 Å². The molecule has 0 radical (unpaired) electrons. The predicted octanol–water partition coefficient (Wildman–Crippen LogP) is 3.68. The highest BCUT2D eigenvalue weighted by atomic mass is 15.1. The number of amidine groups is 1. The third-order valence-electron chi connectivity index (χ3n) is 4.68. The van der Waals surface area contributed by atoms with Gasteiger partial charge in [0.25, 0.3) is 0 Å². The van der Waals surface area contributed by atoms with Gasteiger partial charge in [0, 0.05) is 12.1 Å². The van der Waals surface area contributed by atoms with Crippen LogP contribution in [0.5, 0.6) is 0 Å². The van der Waals surface area contributed by atoms with Gasteiger partial charge < -0.3 is 5.73 Å². The van der Waals surface area contributed by atoms with Crippen LogP contribution in [0.3, 0.4) is 0 Å². The number of nitrogen functional groups attached to an aromatic ring is 1. The Bertz CT molecular complexity index is 481. The predicted molar refractivity (Wildman–Crippen MR) is 89.7 cm³/mol. The summed E-state index contributed by atoms with van der Waals surface area (Å²) in [6.45, 7) is 7.89. The molecule has 1 atom stereocenters. The lowest BCUT2D eigenvalue weighted by atomic mass is 9.96. The number of likely N-dealkylation sites (tertiary alicyclic amines) is 1. The van der Waals surface area contributed by atoms with Crippen molar-refractivity contribution in [3.63, 3.8) is 0 Å². The normalized spacial score (nSPS) is 20.2. The minimum Gasteiger partial charge on any atom is -0.384 e. The highest BCUT2D eigenvalue weighted by Crippen LogP contribution is 2.23. The highest BCUT2D eigenvalue weighted by molar-refractivity contribution is 5.95. The first-order valence-corrected chi connectivity index (χ1v) is 8.26. The average Bonchev–Trinajstić information content (AvgIpc) is 2.67. The maximum Gasteiger partial charge on any atom is 0.122 e. The molecule has 3 N–H and O–H groups in total. The molecule has 0 aromatic heterocycles. The molecule has 0 saturated carbocycles. The topological polar surface area (TPSA) is 53.1 Å². The van der Waals surface area contributed by atoms with E-state index in [9.17, 15) is 0 Å². The van der Waals surface area contributed by atoms with Gasteiger partial charge in [0.2, 0.25) is 0 Å². The lowest BCUT2D eigenvalue weighted by molar-refractivity contribution is 0.271. The molecule has 2 rings (SSSR count). The van der Waals surface area contributed by atoms with Crippen LogP contribution in [0.25, 0.3) is 0 Å². The number of aryl methyl sites for hydroxylation is 1. The van der Waals surface area contributed by atoms with Crippen molar-refractivity contribution in [2.75, 3.05) is 13.1 Å². The van der Waals surface area contributed by atoms with Crippen molar-refractivity contribution in [2.24, 2.45) is 11.7 Å². The number of benzene rings is 1. The lowest BCUT2D eigenvalue weighted by Crippen LogP contribution is -2.25. The minimum atomic E-state index is 0.154. The SMILES string of the molecule is CCCC1CCCN(Cc2ccc(C(=N)N)cc2C)CC1. The Morgan fingerprint density at radius 3 is 2.81 bits per heavy atom. The van der Waals surface area contributed by atoms with Gasteiger partial charge in [0.15, 0.2) is 0 Å². The van der Waals surface area contributed by atoms with Gasteiger partial charge in [0.1, 0.15) is 5.84 Å². The van der Waals surface area contributed by atoms with E-state index in [0.717, 1.165) is 18.0 Å². The summed E-state index contributed by atoms with van der Waals surface area (Å²) >= 11 is 0. The van der Waals surface area contributed by atoms with E-state index in [0.29, 0.717) is 0 Å². The maximum absolute atomic E-state index is 7.51. The van der Waals surface area contributed by atoms with Crippen molar-refractivity contribution >= 4 is 5.84 Å². The van der Waals surface area contributed by atoms with Crippen LogP contribution in [-0.4, -0.2) is 23.8 Å². The molecule has 1 unspecified atom stereocenters. The monoisotopic (exact) mass is 287 g/mol. The van der Waals surface area contributed by atoms with Crippen molar-refractivity contribution in [1.29, 1.82) is 5.41 Å². The van der Waals surface area contributed by atoms with Gasteiger partial charge in [-0.15, -0.1) is 0 Å². The smallest absolute Gasteiger partial charge is 0.122 e. The number of nitrogens with two attached hydrogens (primary N) is 1. The zero-order valence-corrected chi connectivity index (χ0v) is 13.5. The Balaban J connectivity index is 1.97. The Morgan fingerprint density at radius 2 is 2.14 bits per heavy atom. The van der Waals surface area contributed by atoms with Crippen LogP contribution in [0, 0.1) is 18.3 Å². The second kappa shape index (κ2) is 7.60. The molecule has 1 saturated heterocycles. The van der Waals surface area contributed by atoms with E-state index in [1.54, 1.807) is 0 Å². The van der Waals surface area contributed by atoms with Gasteiger partial charge in [-0.1, -0.05) is 31.9 Å². The first-order chi connectivity index (χ1) is 10.1. The zero-order chi connectivity index (χ0) is 15.2. The van der Waals surface area contributed by atoms with E-state index >= 15 is 0 Å². The van der Waals surface area contributed by atoms with E-state index < -0.39 is 0 Å². The molecule has 116 valence electrons. The average molecular weight is 287 g/mol. The van der Waals surface area contributed by atoms with Gasteiger partial charge >= 0.3 is 0 Å². The molecule has 1 aliphatic rings. The maximum atomic E-state index is 7.51. The van der Waals surface area contributed by atoms with E-state index in [1.165, 1.54) is 56.3 Å². The van der Waals surface area contributed by atoms with E-state index in [2.05, 4.69) is 24.8 Å². The van der Waals surface area contributed by atoms with Gasteiger partial charge in [-0.2, -0.15) is 0 Å². The molecule has 1 aliphatic heterocycles. The minimum absolute atomic E-state index is 0.154. The van der Waals surface area contributed by atoms with E-state index in [-0.39, 0.29) is 5.84 Å². The summed E-state index contributed by atoms with van der Waals surface area (Å²) < 4.78 is 0. The Morgan fingerprint density at radius 1 is 1.33 bits per heavy atom. The van der Waals surface area contributed by atoms with Crippen molar-refractivity contribution in [3.05, 3.63) is 34.9 Å². The molecular formula is C18H29N3. The summed E-state index contributed by atoms with van der Waals surface area (Å²) in [6, 6.07) is 6.15. The van der Waals surface area contributed by atoms with Crippen LogP contribution >= 0.6 is 0 Å². The fourth-order valence-electron chi connectivity index (χ4n) is 3.36. The Hall–Kier alpha value is -1.35. The molecule has 21 heavy (non-hydrogen) atoms. The third-order valence-corrected chi connectivity index (χ3v) is 4.68. The van der Waals surface area contributed by atoms with Gasteiger partial charge in [0.05, 0.1) is 0 Å². The number of hydrogen-bond donors (Lipinski definition) is 2. The highest BCUT2D eigenvalue weighted by Gasteiger charge is 2.17. The molecule has 0 spiro atoms. The Labute approximate surface area is 129 Å². The van der Waals surface area contributed by atoms with Crippen LogP contribution in [-0.2, 0) is 6.54 Å². The van der Waals surface area contributed by atoms with Crippen molar-refractivity contribution in [1.82, 2.24) is 4.90 Å². The van der Waals surface area contributed by atoms with Crippen molar-refractivity contribution < 1.29 is 0 Å². The van der Waals surface area contributed by atoms with Gasteiger partial charge in [-0.25, -0.2) is 0 Å². The zero-order valence-electron chi connectivity index (χ0n) is 13.5. The summed E-state index contributed by atoms with van der Waals surface area (Å²) in [5.74, 6) is 1.09. The fourth-order valence-corrected chi connectivity index (χ4v) is 3.36. The Kier molecular flexibility index (Phi) is 5.80. The summed E-state index contributed by atoms with van der Waals surface area (Å²) in [6.07, 6.45) is 6.77. The molecule has 1 aromatic rings. The molecule has 0 bridgehead atoms. The van der Waals surface area contributed by atoms with Gasteiger partial charge in [-0.05, 0) is 62.4 Å². The summed E-state index contributed by atoms with van der Waals surface area (Å²) in [5, 5.41) is 7.51. The second-order valence-electron chi connectivity index (χ2n) is 6.42. The number of nitrogens with one attached hydrogen (secondary N) is 1. The fraction of sp³-hybridized carbons (Fsp3) is 0.611. The van der Waals surface area contributed by atoms with Crippen LogP contribution < -0.4 is 5.73 Å². The molecule has 1 fully saturated rings. The van der Waals surface area contributed by atoms with E-state index in [4.69, 9.17) is 11.1 Å². The van der Waals surface area contributed by atoms with Crippen molar-refractivity contribution in [3.8, 4) is 0 Å². The van der Waals surface area contributed by atoms with Crippen LogP contribution in [0.15, 0.2) is 18.2 Å². The summed E-state index contributed by atoms with van der Waals surface area (Å²) in [7, 11) is 0. The first kappa shape index (κ1) is 16.0. The molecule has 0 amide bonds. The van der Waals surface area contributed by atoms with Crippen molar-refractivity contribution in [2.45, 2.75) is 52.5 Å². The molecule has 3 nitrogen and oxygen atoms in total. The molecule has 3 heteroatoms.